The van der Waals surface area contributed by atoms with Crippen LogP contribution in [-0.2, 0) is 11.2 Å². The van der Waals surface area contributed by atoms with Gasteiger partial charge in [0.25, 0.3) is 5.91 Å². The smallest absolute Gasteiger partial charge is 0.327 e. The van der Waals surface area contributed by atoms with E-state index in [1.54, 1.807) is 7.11 Å². The monoisotopic (exact) mass is 430 g/mol. The van der Waals surface area contributed by atoms with E-state index < -0.39 is 5.54 Å². The summed E-state index contributed by atoms with van der Waals surface area (Å²) in [6.45, 7) is 7.83. The SMILES string of the molecule is CC[C@@H](C)N1CCC2(CC1)C(=O)N(CCN(C)C)C(=O)N2CCc1ccc(OC)cc1. The number of methoxy groups -OCH3 is 1. The number of likely N-dealkylation sites (tertiary alicyclic amines) is 1. The van der Waals surface area contributed by atoms with Crippen molar-refractivity contribution in [3.63, 3.8) is 0 Å². The van der Waals surface area contributed by atoms with E-state index >= 15 is 0 Å². The Balaban J connectivity index is 1.78. The fourth-order valence-corrected chi connectivity index (χ4v) is 4.70. The second-order valence-electron chi connectivity index (χ2n) is 9.12. The molecule has 172 valence electrons. The zero-order chi connectivity index (χ0) is 22.6. The highest BCUT2D eigenvalue weighted by Gasteiger charge is 2.57. The Morgan fingerprint density at radius 2 is 1.74 bits per heavy atom. The lowest BCUT2D eigenvalue weighted by Crippen LogP contribution is -2.58. The van der Waals surface area contributed by atoms with Gasteiger partial charge < -0.3 is 19.4 Å². The molecule has 2 fully saturated rings. The molecule has 0 radical (unpaired) electrons. The molecule has 31 heavy (non-hydrogen) atoms. The molecule has 2 saturated heterocycles. The van der Waals surface area contributed by atoms with Crippen LogP contribution in [-0.4, -0.2) is 97.0 Å². The van der Waals surface area contributed by atoms with Crippen LogP contribution in [0.25, 0.3) is 0 Å². The van der Waals surface area contributed by atoms with Crippen LogP contribution in [0.1, 0.15) is 38.7 Å². The number of likely N-dealkylation sites (N-methyl/N-ethyl adjacent to an activating group) is 1. The molecule has 0 unspecified atom stereocenters. The number of urea groups is 1. The normalized spacial score (nSPS) is 20.2. The number of hydrogen-bond donors (Lipinski definition) is 0. The van der Waals surface area contributed by atoms with Gasteiger partial charge in [-0.1, -0.05) is 19.1 Å². The van der Waals surface area contributed by atoms with Gasteiger partial charge in [-0.05, 0) is 64.4 Å². The number of ether oxygens (including phenoxy) is 1. The molecule has 2 aliphatic rings. The molecule has 2 aliphatic heterocycles. The topological polar surface area (TPSA) is 56.3 Å². The molecule has 3 rings (SSSR count). The van der Waals surface area contributed by atoms with Gasteiger partial charge in [-0.3, -0.25) is 9.69 Å². The van der Waals surface area contributed by atoms with Crippen molar-refractivity contribution in [2.24, 2.45) is 0 Å². The molecule has 1 spiro atoms. The number of hydrogen-bond acceptors (Lipinski definition) is 5. The van der Waals surface area contributed by atoms with Crippen LogP contribution in [0.2, 0.25) is 0 Å². The minimum atomic E-state index is -0.695. The third kappa shape index (κ3) is 4.88. The molecule has 2 heterocycles. The van der Waals surface area contributed by atoms with Crippen molar-refractivity contribution in [3.8, 4) is 5.75 Å². The van der Waals surface area contributed by atoms with E-state index in [-0.39, 0.29) is 11.9 Å². The first kappa shape index (κ1) is 23.5. The minimum Gasteiger partial charge on any atom is -0.497 e. The largest absolute Gasteiger partial charge is 0.497 e. The van der Waals surface area contributed by atoms with E-state index in [4.69, 9.17) is 4.74 Å². The molecule has 1 aromatic rings. The summed E-state index contributed by atoms with van der Waals surface area (Å²) in [4.78, 5) is 34.8. The van der Waals surface area contributed by atoms with Crippen LogP contribution in [0, 0.1) is 0 Å². The third-order valence-electron chi connectivity index (χ3n) is 7.02. The highest BCUT2D eigenvalue weighted by molar-refractivity contribution is 6.07. The second-order valence-corrected chi connectivity index (χ2v) is 9.12. The van der Waals surface area contributed by atoms with Gasteiger partial charge in [0.1, 0.15) is 11.3 Å². The number of piperidine rings is 1. The molecule has 7 nitrogen and oxygen atoms in total. The van der Waals surface area contributed by atoms with Crippen molar-refractivity contribution in [1.82, 2.24) is 19.6 Å². The lowest BCUT2D eigenvalue weighted by Gasteiger charge is -2.44. The van der Waals surface area contributed by atoms with Gasteiger partial charge in [0, 0.05) is 38.8 Å². The first-order valence-corrected chi connectivity index (χ1v) is 11.5. The average molecular weight is 431 g/mol. The molecule has 0 bridgehead atoms. The predicted molar refractivity (Wildman–Crippen MR) is 122 cm³/mol. The van der Waals surface area contributed by atoms with Crippen LogP contribution >= 0.6 is 0 Å². The summed E-state index contributed by atoms with van der Waals surface area (Å²) >= 11 is 0. The maximum atomic E-state index is 13.6. The van der Waals surface area contributed by atoms with Crippen molar-refractivity contribution < 1.29 is 14.3 Å². The Labute approximate surface area is 186 Å². The maximum Gasteiger partial charge on any atom is 0.327 e. The standard InChI is InChI=1S/C24H38N4O3/c1-6-19(2)26-15-12-24(13-16-26)22(29)27(18-17-25(3)4)23(30)28(24)14-11-20-7-9-21(31-5)10-8-20/h7-10,19H,6,11-18H2,1-5H3/t19-/m1/s1. The molecule has 3 amide bonds. The summed E-state index contributed by atoms with van der Waals surface area (Å²) in [6.07, 6.45) is 3.24. The fraction of sp³-hybridized carbons (Fsp3) is 0.667. The van der Waals surface area contributed by atoms with E-state index in [9.17, 15) is 9.59 Å². The summed E-state index contributed by atoms with van der Waals surface area (Å²) in [6, 6.07) is 8.32. The molecule has 1 aromatic carbocycles. The summed E-state index contributed by atoms with van der Waals surface area (Å²) < 4.78 is 5.24. The molecular weight excluding hydrogens is 392 g/mol. The van der Waals surface area contributed by atoms with Gasteiger partial charge in [-0.25, -0.2) is 4.79 Å². The van der Waals surface area contributed by atoms with Crippen molar-refractivity contribution in [1.29, 1.82) is 0 Å². The van der Waals surface area contributed by atoms with Gasteiger partial charge in [0.05, 0.1) is 7.11 Å². The predicted octanol–water partition coefficient (Wildman–Crippen LogP) is 2.70. The van der Waals surface area contributed by atoms with Gasteiger partial charge in [-0.2, -0.15) is 0 Å². The summed E-state index contributed by atoms with van der Waals surface area (Å²) in [5.41, 5.74) is 0.444. The van der Waals surface area contributed by atoms with Crippen LogP contribution < -0.4 is 4.74 Å². The zero-order valence-electron chi connectivity index (χ0n) is 19.8. The van der Waals surface area contributed by atoms with Crippen LogP contribution in [0.4, 0.5) is 4.79 Å². The van der Waals surface area contributed by atoms with Crippen molar-refractivity contribution in [2.45, 2.75) is 51.1 Å². The van der Waals surface area contributed by atoms with Crippen LogP contribution in [0.5, 0.6) is 5.75 Å². The molecular formula is C24H38N4O3. The highest BCUT2D eigenvalue weighted by atomic mass is 16.5. The Bertz CT molecular complexity index is 757. The van der Waals surface area contributed by atoms with Crippen LogP contribution in [0.15, 0.2) is 24.3 Å². The lowest BCUT2D eigenvalue weighted by atomic mass is 9.85. The second kappa shape index (κ2) is 10.0. The van der Waals surface area contributed by atoms with Gasteiger partial charge in [0.2, 0.25) is 0 Å². The van der Waals surface area contributed by atoms with Crippen molar-refractivity contribution in [3.05, 3.63) is 29.8 Å². The van der Waals surface area contributed by atoms with E-state index in [2.05, 4.69) is 18.7 Å². The van der Waals surface area contributed by atoms with E-state index in [1.807, 2.05) is 48.2 Å². The average Bonchev–Trinajstić information content (AvgIpc) is 2.97. The van der Waals surface area contributed by atoms with Crippen molar-refractivity contribution >= 4 is 11.9 Å². The number of benzene rings is 1. The van der Waals surface area contributed by atoms with Crippen LogP contribution in [0.3, 0.4) is 0 Å². The molecule has 0 saturated carbocycles. The lowest BCUT2D eigenvalue weighted by molar-refractivity contribution is -0.136. The molecule has 0 N–H and O–H groups in total. The number of amides is 3. The Kier molecular flexibility index (Phi) is 7.59. The van der Waals surface area contributed by atoms with Crippen molar-refractivity contribution in [2.75, 3.05) is 53.9 Å². The Morgan fingerprint density at radius 1 is 1.10 bits per heavy atom. The Hall–Kier alpha value is -2.12. The Morgan fingerprint density at radius 3 is 2.29 bits per heavy atom. The minimum absolute atomic E-state index is 0.00196. The van der Waals surface area contributed by atoms with Gasteiger partial charge in [0.15, 0.2) is 0 Å². The number of imide groups is 1. The molecule has 7 heteroatoms. The number of carbonyl (C=O) groups excluding carboxylic acids is 2. The summed E-state index contributed by atoms with van der Waals surface area (Å²) in [5.74, 6) is 0.817. The number of carbonyl (C=O) groups is 2. The highest BCUT2D eigenvalue weighted by Crippen LogP contribution is 2.38. The first-order chi connectivity index (χ1) is 14.8. The molecule has 1 atom stereocenters. The van der Waals surface area contributed by atoms with E-state index in [0.29, 0.717) is 38.5 Å². The molecule has 0 aromatic heterocycles. The van der Waals surface area contributed by atoms with E-state index in [0.717, 1.165) is 37.2 Å². The molecule has 0 aliphatic carbocycles. The maximum absolute atomic E-state index is 13.6. The first-order valence-electron chi connectivity index (χ1n) is 11.5. The number of nitrogens with zero attached hydrogens (tertiary/aromatic N) is 4. The zero-order valence-corrected chi connectivity index (χ0v) is 19.8. The van der Waals surface area contributed by atoms with Gasteiger partial charge >= 0.3 is 6.03 Å². The quantitative estimate of drug-likeness (QED) is 0.564. The van der Waals surface area contributed by atoms with E-state index in [1.165, 1.54) is 4.90 Å². The number of rotatable bonds is 9. The summed E-state index contributed by atoms with van der Waals surface area (Å²) in [5, 5.41) is 0. The summed E-state index contributed by atoms with van der Waals surface area (Å²) in [7, 11) is 5.58. The van der Waals surface area contributed by atoms with Gasteiger partial charge in [-0.15, -0.1) is 0 Å². The third-order valence-corrected chi connectivity index (χ3v) is 7.02. The fourth-order valence-electron chi connectivity index (χ4n) is 4.70.